The first-order chi connectivity index (χ1) is 8.86. The highest BCUT2D eigenvalue weighted by Crippen LogP contribution is 2.19. The van der Waals surface area contributed by atoms with E-state index in [1.54, 1.807) is 0 Å². The van der Waals surface area contributed by atoms with Gasteiger partial charge >= 0.3 is 17.9 Å². The molecule has 0 spiro atoms. The lowest BCUT2D eigenvalue weighted by Gasteiger charge is -2.20. The third-order valence-corrected chi connectivity index (χ3v) is 2.37. The van der Waals surface area contributed by atoms with Gasteiger partial charge in [-0.15, -0.1) is 0 Å². The van der Waals surface area contributed by atoms with Crippen molar-refractivity contribution in [1.82, 2.24) is 0 Å². The molecule has 1 fully saturated rings. The highest BCUT2D eigenvalue weighted by Gasteiger charge is 2.49. The molecule has 0 aromatic heterocycles. The predicted molar refractivity (Wildman–Crippen MR) is 54.7 cm³/mol. The summed E-state index contributed by atoms with van der Waals surface area (Å²) in [5.41, 5.74) is 0. The van der Waals surface area contributed by atoms with Crippen LogP contribution in [0.1, 0.15) is 12.8 Å². The molecule has 1 unspecified atom stereocenters. The Balaban J connectivity index is 2.67. The number of carbonyl (C=O) groups excluding carboxylic acids is 3. The van der Waals surface area contributed by atoms with Crippen LogP contribution in [0, 0.1) is 0 Å². The van der Waals surface area contributed by atoms with Crippen molar-refractivity contribution in [3.05, 3.63) is 0 Å². The zero-order valence-corrected chi connectivity index (χ0v) is 9.64. The van der Waals surface area contributed by atoms with Gasteiger partial charge in [0.2, 0.25) is 6.10 Å². The topological polar surface area (TPSA) is 147 Å². The lowest BCUT2D eigenvalue weighted by atomic mass is 10.1. The van der Waals surface area contributed by atoms with Crippen molar-refractivity contribution in [2.24, 2.45) is 0 Å². The summed E-state index contributed by atoms with van der Waals surface area (Å²) in [5.74, 6) is -4.70. The number of ketones is 1. The molecule has 106 valence electrons. The van der Waals surface area contributed by atoms with Crippen LogP contribution in [-0.4, -0.2) is 63.9 Å². The summed E-state index contributed by atoms with van der Waals surface area (Å²) in [5, 5.41) is 26.4. The monoisotopic (exact) mass is 276 g/mol. The Labute approximate surface area is 106 Å². The highest BCUT2D eigenvalue weighted by atomic mass is 16.6. The summed E-state index contributed by atoms with van der Waals surface area (Å²) in [4.78, 5) is 43.9. The van der Waals surface area contributed by atoms with Crippen molar-refractivity contribution in [2.75, 3.05) is 6.61 Å². The van der Waals surface area contributed by atoms with Crippen molar-refractivity contribution >= 4 is 23.7 Å². The maximum Gasteiger partial charge on any atom is 0.379 e. The Morgan fingerprint density at radius 2 is 1.95 bits per heavy atom. The number of hydrogen-bond acceptors (Lipinski definition) is 8. The van der Waals surface area contributed by atoms with E-state index < -0.39 is 61.5 Å². The molecule has 0 bridgehead atoms. The molecule has 0 aliphatic carbocycles. The van der Waals surface area contributed by atoms with Gasteiger partial charge in [0, 0.05) is 0 Å². The third-order valence-electron chi connectivity index (χ3n) is 2.37. The van der Waals surface area contributed by atoms with Crippen molar-refractivity contribution in [3.8, 4) is 0 Å². The Morgan fingerprint density at radius 3 is 2.47 bits per heavy atom. The molecule has 0 amide bonds. The minimum atomic E-state index is -1.67. The van der Waals surface area contributed by atoms with Crippen LogP contribution in [0.3, 0.4) is 0 Å². The first-order valence-electron chi connectivity index (χ1n) is 5.31. The number of aliphatic carboxylic acids is 1. The van der Waals surface area contributed by atoms with Crippen LogP contribution >= 0.6 is 0 Å². The van der Waals surface area contributed by atoms with Gasteiger partial charge in [-0.3, -0.25) is 14.4 Å². The van der Waals surface area contributed by atoms with Crippen LogP contribution in [0.4, 0.5) is 0 Å². The number of aliphatic hydroxyl groups is 2. The lowest BCUT2D eigenvalue weighted by molar-refractivity contribution is -0.161. The molecular formula is C10H12O9. The molecule has 9 nitrogen and oxygen atoms in total. The molecule has 0 aromatic carbocycles. The van der Waals surface area contributed by atoms with Crippen LogP contribution in [-0.2, 0) is 28.7 Å². The minimum Gasteiger partial charge on any atom is -0.481 e. The minimum absolute atomic E-state index is 0.491. The maximum atomic E-state index is 11.3. The molecule has 0 aromatic rings. The normalized spacial score (nSPS) is 23.9. The number of hydrogen-bond donors (Lipinski definition) is 3. The number of aliphatic hydroxyl groups excluding tert-OH is 2. The Bertz CT molecular complexity index is 402. The summed E-state index contributed by atoms with van der Waals surface area (Å²) in [6, 6.07) is 0. The summed E-state index contributed by atoms with van der Waals surface area (Å²) in [6.07, 6.45) is -5.72. The first kappa shape index (κ1) is 15.1. The quantitative estimate of drug-likeness (QED) is 0.357. The van der Waals surface area contributed by atoms with Gasteiger partial charge in [0.15, 0.2) is 6.10 Å². The zero-order valence-electron chi connectivity index (χ0n) is 9.64. The van der Waals surface area contributed by atoms with Crippen LogP contribution in [0.2, 0.25) is 0 Å². The number of Topliss-reactive ketones (excluding diaryl/α,β-unsaturated/α-hetero) is 1. The molecule has 9 heteroatoms. The average molecular weight is 276 g/mol. The fraction of sp³-hybridized carbons (Fsp3) is 0.600. The van der Waals surface area contributed by atoms with E-state index in [4.69, 9.17) is 10.2 Å². The van der Waals surface area contributed by atoms with Crippen molar-refractivity contribution < 1.29 is 44.0 Å². The largest absolute Gasteiger partial charge is 0.481 e. The van der Waals surface area contributed by atoms with Crippen LogP contribution in [0.15, 0.2) is 0 Å². The number of carboxylic acid groups (broad SMARTS) is 1. The highest BCUT2D eigenvalue weighted by molar-refractivity contribution is 6.37. The molecule has 1 aliphatic rings. The molecule has 1 saturated heterocycles. The smallest absolute Gasteiger partial charge is 0.379 e. The molecule has 1 heterocycles. The Kier molecular flexibility index (Phi) is 4.95. The molecule has 3 atom stereocenters. The molecular weight excluding hydrogens is 264 g/mol. The second-order valence-electron chi connectivity index (χ2n) is 3.79. The van der Waals surface area contributed by atoms with E-state index in [9.17, 15) is 24.3 Å². The van der Waals surface area contributed by atoms with Crippen LogP contribution in [0.5, 0.6) is 0 Å². The van der Waals surface area contributed by atoms with Gasteiger partial charge in [0.1, 0.15) is 6.10 Å². The second kappa shape index (κ2) is 6.25. The third kappa shape index (κ3) is 3.73. The maximum absolute atomic E-state index is 11.3. The summed E-state index contributed by atoms with van der Waals surface area (Å²) in [7, 11) is 0. The van der Waals surface area contributed by atoms with Gasteiger partial charge in [0.05, 0.1) is 19.4 Å². The molecule has 1 aliphatic heterocycles. The van der Waals surface area contributed by atoms with Gasteiger partial charge in [-0.2, -0.15) is 0 Å². The number of ether oxygens (including phenoxy) is 2. The van der Waals surface area contributed by atoms with E-state index >= 15 is 0 Å². The number of esters is 2. The predicted octanol–water partition coefficient (Wildman–Crippen LogP) is -2.39. The molecule has 19 heavy (non-hydrogen) atoms. The fourth-order valence-electron chi connectivity index (χ4n) is 1.42. The van der Waals surface area contributed by atoms with Gasteiger partial charge in [-0.1, -0.05) is 0 Å². The van der Waals surface area contributed by atoms with Crippen molar-refractivity contribution in [2.45, 2.75) is 31.2 Å². The van der Waals surface area contributed by atoms with Gasteiger partial charge in [-0.25, -0.2) is 4.79 Å². The molecule has 3 N–H and O–H groups in total. The summed E-state index contributed by atoms with van der Waals surface area (Å²) < 4.78 is 9.08. The van der Waals surface area contributed by atoms with Crippen LogP contribution in [0.25, 0.3) is 0 Å². The average Bonchev–Trinajstić information content (AvgIpc) is 2.63. The number of rotatable bonds is 6. The fourth-order valence-corrected chi connectivity index (χ4v) is 1.42. The second-order valence-corrected chi connectivity index (χ2v) is 3.79. The van der Waals surface area contributed by atoms with E-state index in [2.05, 4.69) is 9.47 Å². The van der Waals surface area contributed by atoms with Crippen molar-refractivity contribution in [3.63, 3.8) is 0 Å². The number of carboxylic acids is 1. The molecule has 0 radical (unpaired) electrons. The zero-order chi connectivity index (χ0) is 14.6. The van der Waals surface area contributed by atoms with E-state index in [-0.39, 0.29) is 0 Å². The number of carbonyl (C=O) groups is 4. The first-order valence-corrected chi connectivity index (χ1v) is 5.31. The molecule has 0 saturated carbocycles. The Hall–Kier alpha value is -2.00. The molecule has 1 rings (SSSR count). The van der Waals surface area contributed by atoms with Gasteiger partial charge in [-0.05, 0) is 0 Å². The van der Waals surface area contributed by atoms with E-state index in [1.165, 1.54) is 0 Å². The van der Waals surface area contributed by atoms with Crippen molar-refractivity contribution in [1.29, 1.82) is 0 Å². The standard InChI is InChI=1S/C10H12O9/c11-3-4(12)8-9(7(16)10(17)19-8)18-6(15)2-1-5(13)14/h4,8-9,11-12H,1-3H2,(H,13,14)/t4-,8+,9?/m0/s1. The number of cyclic esters (lactones) is 1. The Morgan fingerprint density at radius 1 is 1.32 bits per heavy atom. The summed E-state index contributed by atoms with van der Waals surface area (Å²) in [6.45, 7) is -0.797. The van der Waals surface area contributed by atoms with E-state index in [0.29, 0.717) is 0 Å². The van der Waals surface area contributed by atoms with Gasteiger partial charge in [0.25, 0.3) is 5.78 Å². The van der Waals surface area contributed by atoms with Gasteiger partial charge < -0.3 is 24.8 Å². The lowest BCUT2D eigenvalue weighted by Crippen LogP contribution is -2.42. The SMILES string of the molecule is O=C(O)CCC(=O)OC1C(=O)C(=O)O[C@@H]1[C@@H](O)CO. The summed E-state index contributed by atoms with van der Waals surface area (Å²) >= 11 is 0. The van der Waals surface area contributed by atoms with E-state index in [0.717, 1.165) is 0 Å². The van der Waals surface area contributed by atoms with Crippen LogP contribution < -0.4 is 0 Å². The van der Waals surface area contributed by atoms with E-state index in [1.807, 2.05) is 0 Å².